The van der Waals surface area contributed by atoms with E-state index in [-0.39, 0.29) is 5.91 Å². The predicted molar refractivity (Wildman–Crippen MR) is 88.3 cm³/mol. The number of benzene rings is 2. The molecule has 3 rings (SSSR count). The second-order valence-electron chi connectivity index (χ2n) is 5.30. The summed E-state index contributed by atoms with van der Waals surface area (Å²) < 4.78 is 0.822. The Morgan fingerprint density at radius 1 is 1.05 bits per heavy atom. The summed E-state index contributed by atoms with van der Waals surface area (Å²) in [5, 5.41) is 0. The fourth-order valence-electron chi connectivity index (χ4n) is 2.73. The van der Waals surface area contributed by atoms with Gasteiger partial charge < -0.3 is 10.6 Å². The molecule has 108 valence electrons. The SMILES string of the molecule is Nc1cc(C(=O)N2CCc3ccccc3CC2)ccc1Br. The normalized spacial score (nSPS) is 14.4. The molecule has 0 aromatic heterocycles. The number of carbonyl (C=O) groups is 1. The molecule has 0 saturated heterocycles. The lowest BCUT2D eigenvalue weighted by atomic mass is 10.0. The van der Waals surface area contributed by atoms with Gasteiger partial charge in [0.1, 0.15) is 0 Å². The fraction of sp³-hybridized carbons (Fsp3) is 0.235. The lowest BCUT2D eigenvalue weighted by molar-refractivity contribution is 0.0763. The van der Waals surface area contributed by atoms with E-state index in [1.54, 1.807) is 6.07 Å². The number of fused-ring (bicyclic) bond motifs is 1. The molecule has 2 N–H and O–H groups in total. The van der Waals surface area contributed by atoms with E-state index in [4.69, 9.17) is 5.73 Å². The Morgan fingerprint density at radius 3 is 2.24 bits per heavy atom. The molecule has 2 aromatic rings. The van der Waals surface area contributed by atoms with Gasteiger partial charge in [-0.25, -0.2) is 0 Å². The largest absolute Gasteiger partial charge is 0.398 e. The van der Waals surface area contributed by atoms with Crippen LogP contribution in [0.25, 0.3) is 0 Å². The van der Waals surface area contributed by atoms with Crippen LogP contribution < -0.4 is 5.73 Å². The molecule has 21 heavy (non-hydrogen) atoms. The molecule has 0 bridgehead atoms. The molecule has 1 aliphatic rings. The lowest BCUT2D eigenvalue weighted by Gasteiger charge is -2.20. The highest BCUT2D eigenvalue weighted by Crippen LogP contribution is 2.22. The Morgan fingerprint density at radius 2 is 1.67 bits per heavy atom. The standard InChI is InChI=1S/C17H17BrN2O/c18-15-6-5-14(11-16(15)19)17(21)20-9-7-12-3-1-2-4-13(12)8-10-20/h1-6,11H,7-10,19H2. The number of amides is 1. The monoisotopic (exact) mass is 344 g/mol. The maximum absolute atomic E-state index is 12.6. The van der Waals surface area contributed by atoms with Crippen molar-refractivity contribution in [3.05, 3.63) is 63.6 Å². The van der Waals surface area contributed by atoms with Gasteiger partial charge in [0.25, 0.3) is 5.91 Å². The highest BCUT2D eigenvalue weighted by Gasteiger charge is 2.19. The fourth-order valence-corrected chi connectivity index (χ4v) is 2.98. The zero-order valence-electron chi connectivity index (χ0n) is 11.7. The van der Waals surface area contributed by atoms with Gasteiger partial charge in [-0.15, -0.1) is 0 Å². The van der Waals surface area contributed by atoms with Crippen LogP contribution in [0.4, 0.5) is 5.69 Å². The molecular formula is C17H17BrN2O. The number of halogens is 1. The molecule has 0 unspecified atom stereocenters. The van der Waals surface area contributed by atoms with Crippen molar-refractivity contribution in [2.24, 2.45) is 0 Å². The van der Waals surface area contributed by atoms with Crippen LogP contribution in [0.2, 0.25) is 0 Å². The van der Waals surface area contributed by atoms with E-state index in [1.807, 2.05) is 17.0 Å². The Kier molecular flexibility index (Phi) is 3.97. The zero-order chi connectivity index (χ0) is 14.8. The van der Waals surface area contributed by atoms with Gasteiger partial charge in [-0.05, 0) is 58.1 Å². The quantitative estimate of drug-likeness (QED) is 0.807. The highest BCUT2D eigenvalue weighted by atomic mass is 79.9. The Bertz CT molecular complexity index is 657. The third-order valence-corrected chi connectivity index (χ3v) is 4.67. The van der Waals surface area contributed by atoms with Gasteiger partial charge in [-0.1, -0.05) is 24.3 Å². The van der Waals surface area contributed by atoms with Crippen LogP contribution in [0.5, 0.6) is 0 Å². The predicted octanol–water partition coefficient (Wildman–Crippen LogP) is 3.27. The number of hydrogen-bond acceptors (Lipinski definition) is 2. The summed E-state index contributed by atoms with van der Waals surface area (Å²) in [6, 6.07) is 13.8. The second kappa shape index (κ2) is 5.90. The number of nitrogens with zero attached hydrogens (tertiary/aromatic N) is 1. The summed E-state index contributed by atoms with van der Waals surface area (Å²) in [4.78, 5) is 14.5. The number of anilines is 1. The average Bonchev–Trinajstić information content (AvgIpc) is 2.72. The van der Waals surface area contributed by atoms with Gasteiger partial charge in [-0.2, -0.15) is 0 Å². The van der Waals surface area contributed by atoms with Gasteiger partial charge in [0, 0.05) is 28.8 Å². The first-order chi connectivity index (χ1) is 10.1. The molecule has 1 aliphatic heterocycles. The molecule has 2 aromatic carbocycles. The van der Waals surface area contributed by atoms with Gasteiger partial charge >= 0.3 is 0 Å². The minimum Gasteiger partial charge on any atom is -0.398 e. The van der Waals surface area contributed by atoms with Crippen LogP contribution >= 0.6 is 15.9 Å². The first-order valence-electron chi connectivity index (χ1n) is 7.06. The summed E-state index contributed by atoms with van der Waals surface area (Å²) in [6.45, 7) is 1.51. The third-order valence-electron chi connectivity index (χ3n) is 3.95. The molecule has 3 nitrogen and oxygen atoms in total. The maximum atomic E-state index is 12.6. The van der Waals surface area contributed by atoms with E-state index in [2.05, 4.69) is 40.2 Å². The first kappa shape index (κ1) is 14.1. The molecule has 0 aliphatic carbocycles. The summed E-state index contributed by atoms with van der Waals surface area (Å²) in [5.74, 6) is 0.0574. The Labute approximate surface area is 132 Å². The molecule has 0 saturated carbocycles. The lowest BCUT2D eigenvalue weighted by Crippen LogP contribution is -2.33. The average molecular weight is 345 g/mol. The minimum atomic E-state index is 0.0574. The van der Waals surface area contributed by atoms with Gasteiger partial charge in [0.05, 0.1) is 0 Å². The van der Waals surface area contributed by atoms with Crippen molar-refractivity contribution in [3.8, 4) is 0 Å². The van der Waals surface area contributed by atoms with Crippen LogP contribution in [-0.4, -0.2) is 23.9 Å². The number of nitrogens with two attached hydrogens (primary N) is 1. The summed E-state index contributed by atoms with van der Waals surface area (Å²) in [6.07, 6.45) is 1.82. The van der Waals surface area contributed by atoms with Crippen LogP contribution in [0, 0.1) is 0 Å². The zero-order valence-corrected chi connectivity index (χ0v) is 13.3. The summed E-state index contributed by atoms with van der Waals surface area (Å²) >= 11 is 3.36. The topological polar surface area (TPSA) is 46.3 Å². The van der Waals surface area contributed by atoms with Crippen LogP contribution in [0.3, 0.4) is 0 Å². The molecule has 4 heteroatoms. The number of carbonyl (C=O) groups excluding carboxylic acids is 1. The van der Waals surface area contributed by atoms with Crippen molar-refractivity contribution in [2.45, 2.75) is 12.8 Å². The molecular weight excluding hydrogens is 328 g/mol. The molecule has 1 amide bonds. The molecule has 0 atom stereocenters. The van der Waals surface area contributed by atoms with Crippen LogP contribution in [-0.2, 0) is 12.8 Å². The van der Waals surface area contributed by atoms with E-state index < -0.39 is 0 Å². The van der Waals surface area contributed by atoms with E-state index in [0.29, 0.717) is 11.3 Å². The molecule has 1 heterocycles. The van der Waals surface area contributed by atoms with Crippen LogP contribution in [0.1, 0.15) is 21.5 Å². The van der Waals surface area contributed by atoms with E-state index >= 15 is 0 Å². The van der Waals surface area contributed by atoms with Crippen LogP contribution in [0.15, 0.2) is 46.9 Å². The smallest absolute Gasteiger partial charge is 0.253 e. The summed E-state index contributed by atoms with van der Waals surface area (Å²) in [5.41, 5.74) is 9.82. The van der Waals surface area contributed by atoms with Crippen molar-refractivity contribution >= 4 is 27.5 Å². The van der Waals surface area contributed by atoms with Gasteiger partial charge in [0.15, 0.2) is 0 Å². The Balaban J connectivity index is 1.79. The first-order valence-corrected chi connectivity index (χ1v) is 7.85. The van der Waals surface area contributed by atoms with E-state index in [9.17, 15) is 4.79 Å². The van der Waals surface area contributed by atoms with Crippen molar-refractivity contribution in [2.75, 3.05) is 18.8 Å². The number of hydrogen-bond donors (Lipinski definition) is 1. The Hall–Kier alpha value is -1.81. The van der Waals surface area contributed by atoms with Crippen molar-refractivity contribution in [1.29, 1.82) is 0 Å². The van der Waals surface area contributed by atoms with E-state index in [1.165, 1.54) is 11.1 Å². The van der Waals surface area contributed by atoms with Crippen molar-refractivity contribution in [3.63, 3.8) is 0 Å². The molecule has 0 radical (unpaired) electrons. The highest BCUT2D eigenvalue weighted by molar-refractivity contribution is 9.10. The van der Waals surface area contributed by atoms with Gasteiger partial charge in [-0.3, -0.25) is 4.79 Å². The second-order valence-corrected chi connectivity index (χ2v) is 6.15. The minimum absolute atomic E-state index is 0.0574. The number of nitrogen functional groups attached to an aromatic ring is 1. The van der Waals surface area contributed by atoms with Gasteiger partial charge in [0.2, 0.25) is 0 Å². The van der Waals surface area contributed by atoms with E-state index in [0.717, 1.165) is 30.4 Å². The van der Waals surface area contributed by atoms with Crippen molar-refractivity contribution < 1.29 is 4.79 Å². The summed E-state index contributed by atoms with van der Waals surface area (Å²) in [7, 11) is 0. The maximum Gasteiger partial charge on any atom is 0.253 e. The number of rotatable bonds is 1. The third kappa shape index (κ3) is 2.95. The van der Waals surface area contributed by atoms with Crippen molar-refractivity contribution in [1.82, 2.24) is 4.90 Å². The molecule has 0 spiro atoms. The molecule has 0 fully saturated rings.